The van der Waals surface area contributed by atoms with Gasteiger partial charge in [0.05, 0.1) is 0 Å². The quantitative estimate of drug-likeness (QED) is 0.853. The lowest BCUT2D eigenvalue weighted by Crippen LogP contribution is -2.38. The van der Waals surface area contributed by atoms with Gasteiger partial charge in [0, 0.05) is 26.7 Å². The van der Waals surface area contributed by atoms with Crippen molar-refractivity contribution < 1.29 is 9.18 Å². The summed E-state index contributed by atoms with van der Waals surface area (Å²) in [6.45, 7) is 1.28. The number of halogens is 1. The van der Waals surface area contributed by atoms with Crippen LogP contribution >= 0.6 is 0 Å². The molecule has 0 heterocycles. The average Bonchev–Trinajstić information content (AvgIpc) is 2.55. The van der Waals surface area contributed by atoms with Gasteiger partial charge in [0.2, 0.25) is 0 Å². The summed E-state index contributed by atoms with van der Waals surface area (Å²) in [5.41, 5.74) is 2.20. The molecular weight excluding hydrogens is 279 g/mol. The molecule has 0 aromatic heterocycles. The number of benzene rings is 2. The zero-order valence-electron chi connectivity index (χ0n) is 12.7. The van der Waals surface area contributed by atoms with Crippen LogP contribution in [0.3, 0.4) is 0 Å². The van der Waals surface area contributed by atoms with Gasteiger partial charge in [-0.2, -0.15) is 0 Å². The van der Waals surface area contributed by atoms with Gasteiger partial charge in [0.1, 0.15) is 0 Å². The Labute approximate surface area is 130 Å². The topological polar surface area (TPSA) is 32.3 Å². The number of hydrogen-bond donors (Lipinski definition) is 1. The predicted octanol–water partition coefficient (Wildman–Crippen LogP) is 2.77. The third-order valence-corrected chi connectivity index (χ3v) is 3.45. The van der Waals surface area contributed by atoms with E-state index in [4.69, 9.17) is 0 Å². The largest absolute Gasteiger partial charge is 0.357 e. The van der Waals surface area contributed by atoms with E-state index < -0.39 is 12.1 Å². The summed E-state index contributed by atoms with van der Waals surface area (Å²) in [4.78, 5) is 13.4. The highest BCUT2D eigenvalue weighted by Gasteiger charge is 2.20. The number of amides is 1. The molecule has 4 heteroatoms. The molecule has 22 heavy (non-hydrogen) atoms. The molecule has 116 valence electrons. The van der Waals surface area contributed by atoms with Crippen molar-refractivity contribution >= 4 is 5.91 Å². The standard InChI is InChI=1S/C18H21FN2O/c1-20-18(22)17(19)14-21(12-15-8-4-2-5-9-15)13-16-10-6-3-7-11-16/h2-11,17H,12-14H2,1H3,(H,20,22). The van der Waals surface area contributed by atoms with Gasteiger partial charge in [-0.25, -0.2) is 4.39 Å². The Bertz CT molecular complexity index is 533. The molecule has 0 aliphatic carbocycles. The van der Waals surface area contributed by atoms with Crippen molar-refractivity contribution in [2.24, 2.45) is 0 Å². The van der Waals surface area contributed by atoms with E-state index in [2.05, 4.69) is 5.32 Å². The van der Waals surface area contributed by atoms with E-state index in [1.807, 2.05) is 65.6 Å². The summed E-state index contributed by atoms with van der Waals surface area (Å²) in [5, 5.41) is 2.36. The fraction of sp³-hybridized carbons (Fsp3) is 0.278. The molecule has 0 aliphatic rings. The summed E-state index contributed by atoms with van der Waals surface area (Å²) < 4.78 is 14.0. The summed E-state index contributed by atoms with van der Waals surface area (Å²) in [7, 11) is 1.45. The predicted molar refractivity (Wildman–Crippen MR) is 86.0 cm³/mol. The van der Waals surface area contributed by atoms with Crippen molar-refractivity contribution in [3.05, 3.63) is 71.8 Å². The maximum absolute atomic E-state index is 14.0. The molecule has 2 rings (SSSR count). The molecule has 0 saturated heterocycles. The number of carbonyl (C=O) groups excluding carboxylic acids is 1. The minimum atomic E-state index is -1.53. The van der Waals surface area contributed by atoms with Gasteiger partial charge in [-0.15, -0.1) is 0 Å². The first-order chi connectivity index (χ1) is 10.7. The van der Waals surface area contributed by atoms with E-state index in [1.54, 1.807) is 0 Å². The second-order valence-corrected chi connectivity index (χ2v) is 5.22. The number of nitrogens with zero attached hydrogens (tertiary/aromatic N) is 1. The van der Waals surface area contributed by atoms with Crippen molar-refractivity contribution in [1.82, 2.24) is 10.2 Å². The fourth-order valence-electron chi connectivity index (χ4n) is 2.33. The molecule has 1 amide bonds. The van der Waals surface area contributed by atoms with Gasteiger partial charge >= 0.3 is 0 Å². The first-order valence-electron chi connectivity index (χ1n) is 7.35. The maximum Gasteiger partial charge on any atom is 0.255 e. The van der Waals surface area contributed by atoms with Crippen LogP contribution in [0, 0.1) is 0 Å². The van der Waals surface area contributed by atoms with Crippen LogP contribution in [0.15, 0.2) is 60.7 Å². The lowest BCUT2D eigenvalue weighted by molar-refractivity contribution is -0.126. The van der Waals surface area contributed by atoms with E-state index >= 15 is 0 Å². The number of alkyl halides is 1. The molecule has 0 fully saturated rings. The van der Waals surface area contributed by atoms with E-state index in [0.29, 0.717) is 13.1 Å². The lowest BCUT2D eigenvalue weighted by Gasteiger charge is -2.24. The van der Waals surface area contributed by atoms with Crippen molar-refractivity contribution in [3.63, 3.8) is 0 Å². The van der Waals surface area contributed by atoms with Crippen LogP contribution in [-0.2, 0) is 17.9 Å². The summed E-state index contributed by atoms with van der Waals surface area (Å²) in [6, 6.07) is 19.8. The van der Waals surface area contributed by atoms with Crippen LogP contribution in [0.25, 0.3) is 0 Å². The van der Waals surface area contributed by atoms with Gasteiger partial charge in [-0.05, 0) is 11.1 Å². The van der Waals surface area contributed by atoms with Gasteiger partial charge in [-0.3, -0.25) is 9.69 Å². The van der Waals surface area contributed by atoms with Crippen molar-refractivity contribution in [1.29, 1.82) is 0 Å². The fourth-order valence-corrected chi connectivity index (χ4v) is 2.33. The Morgan fingerprint density at radius 1 is 1.00 bits per heavy atom. The van der Waals surface area contributed by atoms with Crippen LogP contribution in [0.1, 0.15) is 11.1 Å². The Kier molecular flexibility index (Phi) is 6.10. The number of rotatable bonds is 7. The van der Waals surface area contributed by atoms with Gasteiger partial charge in [-0.1, -0.05) is 60.7 Å². The molecule has 1 N–H and O–H groups in total. The SMILES string of the molecule is CNC(=O)C(F)CN(Cc1ccccc1)Cc1ccccc1. The van der Waals surface area contributed by atoms with E-state index in [1.165, 1.54) is 7.05 Å². The lowest BCUT2D eigenvalue weighted by atomic mass is 10.1. The van der Waals surface area contributed by atoms with Crippen molar-refractivity contribution in [2.45, 2.75) is 19.3 Å². The molecule has 0 aliphatic heterocycles. The normalized spacial score (nSPS) is 12.1. The van der Waals surface area contributed by atoms with Crippen LogP contribution in [0.2, 0.25) is 0 Å². The van der Waals surface area contributed by atoms with Gasteiger partial charge < -0.3 is 5.32 Å². The second-order valence-electron chi connectivity index (χ2n) is 5.22. The molecule has 1 atom stereocenters. The Balaban J connectivity index is 2.07. The van der Waals surface area contributed by atoms with Crippen LogP contribution in [-0.4, -0.2) is 30.6 Å². The molecule has 0 bridgehead atoms. The Morgan fingerprint density at radius 2 is 1.45 bits per heavy atom. The minimum absolute atomic E-state index is 0.0729. The minimum Gasteiger partial charge on any atom is -0.357 e. The molecule has 0 spiro atoms. The molecule has 0 saturated carbocycles. The summed E-state index contributed by atoms with van der Waals surface area (Å²) in [5.74, 6) is -0.578. The van der Waals surface area contributed by atoms with Crippen molar-refractivity contribution in [2.75, 3.05) is 13.6 Å². The zero-order valence-corrected chi connectivity index (χ0v) is 12.7. The second kappa shape index (κ2) is 8.29. The van der Waals surface area contributed by atoms with Gasteiger partial charge in [0.15, 0.2) is 6.17 Å². The van der Waals surface area contributed by atoms with E-state index in [-0.39, 0.29) is 6.54 Å². The molecular formula is C18H21FN2O. The number of hydrogen-bond acceptors (Lipinski definition) is 2. The number of nitrogens with one attached hydrogen (secondary N) is 1. The highest BCUT2D eigenvalue weighted by atomic mass is 19.1. The molecule has 2 aromatic carbocycles. The van der Waals surface area contributed by atoms with Crippen LogP contribution in [0.4, 0.5) is 4.39 Å². The molecule has 3 nitrogen and oxygen atoms in total. The number of carbonyl (C=O) groups is 1. The monoisotopic (exact) mass is 300 g/mol. The Morgan fingerprint density at radius 3 is 1.86 bits per heavy atom. The molecule has 1 unspecified atom stereocenters. The van der Waals surface area contributed by atoms with E-state index in [9.17, 15) is 9.18 Å². The summed E-state index contributed by atoms with van der Waals surface area (Å²) in [6.07, 6.45) is -1.53. The van der Waals surface area contributed by atoms with Gasteiger partial charge in [0.25, 0.3) is 5.91 Å². The highest BCUT2D eigenvalue weighted by molar-refractivity contribution is 5.80. The Hall–Kier alpha value is -2.20. The zero-order chi connectivity index (χ0) is 15.8. The summed E-state index contributed by atoms with van der Waals surface area (Å²) >= 11 is 0. The first kappa shape index (κ1) is 16.2. The highest BCUT2D eigenvalue weighted by Crippen LogP contribution is 2.11. The van der Waals surface area contributed by atoms with Crippen LogP contribution < -0.4 is 5.32 Å². The third-order valence-electron chi connectivity index (χ3n) is 3.45. The van der Waals surface area contributed by atoms with Crippen molar-refractivity contribution in [3.8, 4) is 0 Å². The average molecular weight is 300 g/mol. The molecule has 2 aromatic rings. The smallest absolute Gasteiger partial charge is 0.255 e. The third kappa shape index (κ3) is 4.97. The molecule has 0 radical (unpaired) electrons. The maximum atomic E-state index is 14.0. The van der Waals surface area contributed by atoms with Crippen LogP contribution in [0.5, 0.6) is 0 Å². The van der Waals surface area contributed by atoms with E-state index in [0.717, 1.165) is 11.1 Å². The first-order valence-corrected chi connectivity index (χ1v) is 7.35.